The lowest BCUT2D eigenvalue weighted by Gasteiger charge is -2.35. The predicted octanol–water partition coefficient (Wildman–Crippen LogP) is 1.47. The average molecular weight is 291 g/mol. The van der Waals surface area contributed by atoms with E-state index >= 15 is 0 Å². The smallest absolute Gasteiger partial charge is 0.279 e. The lowest BCUT2D eigenvalue weighted by molar-refractivity contribution is 0.239. The van der Waals surface area contributed by atoms with Crippen molar-refractivity contribution in [2.24, 2.45) is 0 Å². The van der Waals surface area contributed by atoms with Gasteiger partial charge in [-0.1, -0.05) is 33.6 Å². The molecule has 5 nitrogen and oxygen atoms in total. The molecule has 0 aliphatic carbocycles. The van der Waals surface area contributed by atoms with Gasteiger partial charge in [-0.05, 0) is 19.3 Å². The van der Waals surface area contributed by atoms with Crippen molar-refractivity contribution in [1.29, 1.82) is 0 Å². The molecular weight excluding hydrogens is 262 g/mol. The SMILES string of the molecule is CCCCNS(=O)(=O)N1CCCCC1CNC(C)C. The first kappa shape index (κ1) is 16.9. The molecule has 19 heavy (non-hydrogen) atoms. The van der Waals surface area contributed by atoms with Crippen molar-refractivity contribution in [2.45, 2.75) is 65.0 Å². The topological polar surface area (TPSA) is 61.4 Å². The van der Waals surface area contributed by atoms with Crippen LogP contribution >= 0.6 is 0 Å². The third-order valence-corrected chi connectivity index (χ3v) is 5.13. The Labute approximate surface area is 118 Å². The third-order valence-electron chi connectivity index (χ3n) is 3.46. The maximum atomic E-state index is 12.3. The summed E-state index contributed by atoms with van der Waals surface area (Å²) in [5.74, 6) is 0. The van der Waals surface area contributed by atoms with Gasteiger partial charge >= 0.3 is 0 Å². The molecule has 0 aromatic rings. The van der Waals surface area contributed by atoms with Crippen LogP contribution in [0.4, 0.5) is 0 Å². The van der Waals surface area contributed by atoms with Crippen molar-refractivity contribution in [2.75, 3.05) is 19.6 Å². The summed E-state index contributed by atoms with van der Waals surface area (Å²) in [4.78, 5) is 0. The highest BCUT2D eigenvalue weighted by Crippen LogP contribution is 2.19. The van der Waals surface area contributed by atoms with Crippen molar-refractivity contribution < 1.29 is 8.42 Å². The molecule has 0 spiro atoms. The third kappa shape index (κ3) is 5.77. The summed E-state index contributed by atoms with van der Waals surface area (Å²) < 4.78 is 29.0. The number of hydrogen-bond acceptors (Lipinski definition) is 3. The Morgan fingerprint density at radius 2 is 2.05 bits per heavy atom. The van der Waals surface area contributed by atoms with Crippen molar-refractivity contribution in [1.82, 2.24) is 14.3 Å². The van der Waals surface area contributed by atoms with Crippen LogP contribution in [0.1, 0.15) is 52.9 Å². The lowest BCUT2D eigenvalue weighted by atomic mass is 10.0. The molecule has 0 radical (unpaired) electrons. The zero-order valence-corrected chi connectivity index (χ0v) is 13.3. The molecule has 2 N–H and O–H groups in total. The maximum absolute atomic E-state index is 12.3. The molecule has 0 bridgehead atoms. The number of nitrogens with one attached hydrogen (secondary N) is 2. The van der Waals surface area contributed by atoms with E-state index in [-0.39, 0.29) is 6.04 Å². The second kappa shape index (κ2) is 8.19. The van der Waals surface area contributed by atoms with E-state index in [2.05, 4.69) is 30.8 Å². The molecule has 0 aromatic carbocycles. The van der Waals surface area contributed by atoms with Crippen molar-refractivity contribution in [3.05, 3.63) is 0 Å². The average Bonchev–Trinajstić information content (AvgIpc) is 2.37. The fourth-order valence-electron chi connectivity index (χ4n) is 2.33. The van der Waals surface area contributed by atoms with Crippen LogP contribution < -0.4 is 10.0 Å². The molecule has 1 aliphatic rings. The van der Waals surface area contributed by atoms with Gasteiger partial charge in [0.15, 0.2) is 0 Å². The van der Waals surface area contributed by atoms with Gasteiger partial charge in [-0.2, -0.15) is 12.7 Å². The molecule has 0 saturated carbocycles. The van der Waals surface area contributed by atoms with Gasteiger partial charge in [-0.3, -0.25) is 0 Å². The Balaban J connectivity index is 2.59. The van der Waals surface area contributed by atoms with Crippen molar-refractivity contribution in [3.8, 4) is 0 Å². The Hall–Kier alpha value is -0.170. The fraction of sp³-hybridized carbons (Fsp3) is 1.00. The fourth-order valence-corrected chi connectivity index (χ4v) is 3.84. The zero-order valence-electron chi connectivity index (χ0n) is 12.5. The summed E-state index contributed by atoms with van der Waals surface area (Å²) in [5, 5.41) is 3.35. The number of nitrogens with zero attached hydrogens (tertiary/aromatic N) is 1. The molecule has 1 atom stereocenters. The molecule has 0 aromatic heterocycles. The first-order chi connectivity index (χ1) is 8.97. The minimum absolute atomic E-state index is 0.0928. The van der Waals surface area contributed by atoms with Crippen LogP contribution in [0.15, 0.2) is 0 Å². The second-order valence-electron chi connectivity index (χ2n) is 5.58. The van der Waals surface area contributed by atoms with E-state index < -0.39 is 10.2 Å². The summed E-state index contributed by atoms with van der Waals surface area (Å²) >= 11 is 0. The first-order valence-corrected chi connectivity index (χ1v) is 8.91. The van der Waals surface area contributed by atoms with Gasteiger partial charge in [0.2, 0.25) is 0 Å². The van der Waals surface area contributed by atoms with Crippen LogP contribution in [-0.4, -0.2) is 44.4 Å². The van der Waals surface area contributed by atoms with Crippen LogP contribution in [0.3, 0.4) is 0 Å². The standard InChI is InChI=1S/C13H29N3O2S/c1-4-5-9-15-19(17,18)16-10-7-6-8-13(16)11-14-12(2)3/h12-15H,4-11H2,1-3H3. The Bertz CT molecular complexity index is 344. The van der Waals surface area contributed by atoms with E-state index in [4.69, 9.17) is 0 Å². The summed E-state index contributed by atoms with van der Waals surface area (Å²) in [7, 11) is -3.31. The van der Waals surface area contributed by atoms with Gasteiger partial charge in [-0.15, -0.1) is 0 Å². The van der Waals surface area contributed by atoms with Gasteiger partial charge in [-0.25, -0.2) is 4.72 Å². The molecule has 114 valence electrons. The summed E-state index contributed by atoms with van der Waals surface area (Å²) in [5.41, 5.74) is 0. The molecule has 6 heteroatoms. The molecular formula is C13H29N3O2S. The van der Waals surface area contributed by atoms with Gasteiger partial charge in [0.25, 0.3) is 10.2 Å². The summed E-state index contributed by atoms with van der Waals surface area (Å²) in [6, 6.07) is 0.481. The van der Waals surface area contributed by atoms with Gasteiger partial charge < -0.3 is 5.32 Å². The molecule has 1 unspecified atom stereocenters. The van der Waals surface area contributed by atoms with E-state index in [0.717, 1.165) is 38.6 Å². The predicted molar refractivity (Wildman–Crippen MR) is 79.3 cm³/mol. The maximum Gasteiger partial charge on any atom is 0.279 e. The molecule has 1 aliphatic heterocycles. The zero-order chi connectivity index (χ0) is 14.3. The Morgan fingerprint density at radius 3 is 2.68 bits per heavy atom. The van der Waals surface area contributed by atoms with Crippen LogP contribution in [0.2, 0.25) is 0 Å². The van der Waals surface area contributed by atoms with Crippen molar-refractivity contribution >= 4 is 10.2 Å². The quantitative estimate of drug-likeness (QED) is 0.666. The Kier molecular flexibility index (Phi) is 7.28. The Morgan fingerprint density at radius 1 is 1.32 bits per heavy atom. The largest absolute Gasteiger partial charge is 0.313 e. The highest BCUT2D eigenvalue weighted by atomic mass is 32.2. The summed E-state index contributed by atoms with van der Waals surface area (Å²) in [6.45, 7) is 8.16. The van der Waals surface area contributed by atoms with Crippen LogP contribution in [0.5, 0.6) is 0 Å². The van der Waals surface area contributed by atoms with E-state index in [1.165, 1.54) is 0 Å². The van der Waals surface area contributed by atoms with Crippen LogP contribution in [0.25, 0.3) is 0 Å². The lowest BCUT2D eigenvalue weighted by Crippen LogP contribution is -2.53. The molecule has 1 fully saturated rings. The first-order valence-electron chi connectivity index (χ1n) is 7.47. The molecule has 1 heterocycles. The highest BCUT2D eigenvalue weighted by Gasteiger charge is 2.31. The van der Waals surface area contributed by atoms with Gasteiger partial charge in [0.05, 0.1) is 0 Å². The number of rotatable bonds is 8. The summed E-state index contributed by atoms with van der Waals surface area (Å²) in [6.07, 6.45) is 4.93. The van der Waals surface area contributed by atoms with Crippen LogP contribution in [0, 0.1) is 0 Å². The van der Waals surface area contributed by atoms with E-state index in [1.54, 1.807) is 4.31 Å². The minimum Gasteiger partial charge on any atom is -0.313 e. The van der Waals surface area contributed by atoms with Crippen LogP contribution in [-0.2, 0) is 10.2 Å². The monoisotopic (exact) mass is 291 g/mol. The van der Waals surface area contributed by atoms with E-state index in [9.17, 15) is 8.42 Å². The van der Waals surface area contributed by atoms with Gasteiger partial charge in [0.1, 0.15) is 0 Å². The minimum atomic E-state index is -3.31. The normalized spacial score (nSPS) is 22.0. The number of unbranched alkanes of at least 4 members (excludes halogenated alkanes) is 1. The van der Waals surface area contributed by atoms with Crippen molar-refractivity contribution in [3.63, 3.8) is 0 Å². The number of piperidine rings is 1. The highest BCUT2D eigenvalue weighted by molar-refractivity contribution is 7.87. The number of hydrogen-bond donors (Lipinski definition) is 2. The molecule has 0 amide bonds. The van der Waals surface area contributed by atoms with E-state index in [0.29, 0.717) is 19.1 Å². The second-order valence-corrected chi connectivity index (χ2v) is 7.28. The molecule has 1 saturated heterocycles. The van der Waals surface area contributed by atoms with Gasteiger partial charge in [0, 0.05) is 31.7 Å². The van der Waals surface area contributed by atoms with E-state index in [1.807, 2.05) is 0 Å². The molecule has 1 rings (SSSR count).